The summed E-state index contributed by atoms with van der Waals surface area (Å²) in [5, 5.41) is 7.64. The molecule has 1 saturated carbocycles. The number of rotatable bonds is 7. The predicted octanol–water partition coefficient (Wildman–Crippen LogP) is 2.92. The van der Waals surface area contributed by atoms with Crippen LogP contribution in [0, 0.1) is 5.92 Å². The highest BCUT2D eigenvalue weighted by atomic mass is 32.2. The topological polar surface area (TPSA) is 95.6 Å². The summed E-state index contributed by atoms with van der Waals surface area (Å²) in [5.74, 6) is -0.212. The third-order valence-electron chi connectivity index (χ3n) is 6.19. The number of sulfonamides is 1. The summed E-state index contributed by atoms with van der Waals surface area (Å²) in [4.78, 5) is 26.1. The molecule has 172 valence electrons. The van der Waals surface area contributed by atoms with Crippen molar-refractivity contribution in [1.29, 1.82) is 0 Å². The number of amides is 2. The molecule has 1 aromatic carbocycles. The second-order valence-corrected chi connectivity index (χ2v) is 11.3. The maximum atomic E-state index is 13.1. The van der Waals surface area contributed by atoms with Crippen LogP contribution in [0.15, 0.2) is 40.6 Å². The molecule has 9 heteroatoms. The molecule has 0 atom stereocenters. The minimum absolute atomic E-state index is 0.0577. The van der Waals surface area contributed by atoms with Crippen molar-refractivity contribution in [1.82, 2.24) is 14.9 Å². The van der Waals surface area contributed by atoms with Crippen molar-refractivity contribution in [3.05, 3.63) is 51.7 Å². The number of fused-ring (bicyclic) bond motifs is 1. The SMILES string of the molecule is O=C(NCCNC(=O)C1CCCCC1)c1cccc(S(=O)(=O)N2CCc3sccc3C2)c1. The maximum absolute atomic E-state index is 13.1. The summed E-state index contributed by atoms with van der Waals surface area (Å²) in [6, 6.07) is 8.11. The second-order valence-electron chi connectivity index (χ2n) is 8.37. The maximum Gasteiger partial charge on any atom is 0.251 e. The minimum atomic E-state index is -3.69. The van der Waals surface area contributed by atoms with Crippen LogP contribution in [0.25, 0.3) is 0 Å². The molecule has 1 aromatic heterocycles. The van der Waals surface area contributed by atoms with E-state index in [1.54, 1.807) is 23.5 Å². The first-order chi connectivity index (χ1) is 15.4. The van der Waals surface area contributed by atoms with Gasteiger partial charge in [0.15, 0.2) is 0 Å². The van der Waals surface area contributed by atoms with E-state index < -0.39 is 10.0 Å². The van der Waals surface area contributed by atoms with Crippen LogP contribution >= 0.6 is 11.3 Å². The van der Waals surface area contributed by atoms with Crippen LogP contribution in [0.2, 0.25) is 0 Å². The first-order valence-electron chi connectivity index (χ1n) is 11.2. The Kier molecular flexibility index (Phi) is 7.27. The van der Waals surface area contributed by atoms with Gasteiger partial charge in [-0.15, -0.1) is 11.3 Å². The lowest BCUT2D eigenvalue weighted by molar-refractivity contribution is -0.125. The number of benzene rings is 1. The van der Waals surface area contributed by atoms with E-state index in [0.29, 0.717) is 32.6 Å². The summed E-state index contributed by atoms with van der Waals surface area (Å²) < 4.78 is 27.7. The molecule has 1 fully saturated rings. The Morgan fingerprint density at radius 3 is 2.66 bits per heavy atom. The van der Waals surface area contributed by atoms with Gasteiger partial charge in [0.1, 0.15) is 0 Å². The number of carbonyl (C=O) groups excluding carboxylic acids is 2. The number of hydrogen-bond acceptors (Lipinski definition) is 5. The van der Waals surface area contributed by atoms with E-state index in [9.17, 15) is 18.0 Å². The Hall–Kier alpha value is -2.23. The van der Waals surface area contributed by atoms with E-state index >= 15 is 0 Å². The molecule has 0 saturated heterocycles. The zero-order valence-corrected chi connectivity index (χ0v) is 19.6. The molecular weight excluding hydrogens is 446 g/mol. The average Bonchev–Trinajstić information content (AvgIpc) is 3.30. The zero-order valence-electron chi connectivity index (χ0n) is 18.0. The first-order valence-corrected chi connectivity index (χ1v) is 13.5. The number of nitrogens with zero attached hydrogens (tertiary/aromatic N) is 1. The van der Waals surface area contributed by atoms with E-state index in [-0.39, 0.29) is 28.2 Å². The van der Waals surface area contributed by atoms with Crippen LogP contribution in [-0.4, -0.2) is 44.2 Å². The van der Waals surface area contributed by atoms with Gasteiger partial charge in [-0.2, -0.15) is 4.31 Å². The molecule has 2 heterocycles. The molecule has 2 N–H and O–H groups in total. The summed E-state index contributed by atoms with van der Waals surface area (Å²) in [5.41, 5.74) is 1.34. The number of hydrogen-bond donors (Lipinski definition) is 2. The van der Waals surface area contributed by atoms with Crippen LogP contribution in [0.4, 0.5) is 0 Å². The third-order valence-corrected chi connectivity index (χ3v) is 9.06. The van der Waals surface area contributed by atoms with Crippen LogP contribution in [0.1, 0.15) is 52.9 Å². The van der Waals surface area contributed by atoms with E-state index in [2.05, 4.69) is 10.6 Å². The zero-order chi connectivity index (χ0) is 22.6. The van der Waals surface area contributed by atoms with Crippen molar-refractivity contribution in [2.45, 2.75) is 50.0 Å². The normalized spacial score (nSPS) is 17.5. The van der Waals surface area contributed by atoms with Gasteiger partial charge in [0.2, 0.25) is 15.9 Å². The predicted molar refractivity (Wildman–Crippen MR) is 124 cm³/mol. The standard InChI is InChI=1S/C23H29N3O4S2/c27-22(17-5-2-1-3-6-17)24-11-12-25-23(28)18-7-4-8-20(15-18)32(29,30)26-13-9-21-19(16-26)10-14-31-21/h4,7-8,10,14-15,17H,1-3,5-6,9,11-13,16H2,(H,24,27)(H,25,28). The smallest absolute Gasteiger partial charge is 0.251 e. The van der Waals surface area contributed by atoms with Crippen molar-refractivity contribution in [2.75, 3.05) is 19.6 Å². The molecule has 0 unspecified atom stereocenters. The molecule has 1 aliphatic heterocycles. The molecular formula is C23H29N3O4S2. The quantitative estimate of drug-likeness (QED) is 0.602. The number of thiophene rings is 1. The number of carbonyl (C=O) groups is 2. The van der Waals surface area contributed by atoms with Crippen molar-refractivity contribution >= 4 is 33.2 Å². The lowest BCUT2D eigenvalue weighted by atomic mass is 9.89. The Balaban J connectivity index is 1.32. The fourth-order valence-electron chi connectivity index (χ4n) is 4.35. The Morgan fingerprint density at radius 2 is 1.84 bits per heavy atom. The third kappa shape index (κ3) is 5.22. The summed E-state index contributed by atoms with van der Waals surface area (Å²) in [6.45, 7) is 1.45. The highest BCUT2D eigenvalue weighted by Crippen LogP contribution is 2.28. The second kappa shape index (κ2) is 10.1. The molecule has 32 heavy (non-hydrogen) atoms. The average molecular weight is 476 g/mol. The van der Waals surface area contributed by atoms with Gasteiger partial charge in [0.05, 0.1) is 4.90 Å². The molecule has 2 amide bonds. The number of nitrogens with one attached hydrogen (secondary N) is 2. The molecule has 0 bridgehead atoms. The molecule has 2 aliphatic rings. The summed E-state index contributed by atoms with van der Waals surface area (Å²) in [7, 11) is -3.69. The lowest BCUT2D eigenvalue weighted by Crippen LogP contribution is -2.38. The van der Waals surface area contributed by atoms with E-state index in [4.69, 9.17) is 0 Å². The molecule has 0 radical (unpaired) electrons. The summed E-state index contributed by atoms with van der Waals surface area (Å²) in [6.07, 6.45) is 5.97. The van der Waals surface area contributed by atoms with E-state index in [1.165, 1.54) is 27.7 Å². The molecule has 4 rings (SSSR count). The van der Waals surface area contributed by atoms with E-state index in [0.717, 1.165) is 31.2 Å². The van der Waals surface area contributed by atoms with Gasteiger partial charge in [-0.25, -0.2) is 8.42 Å². The fraction of sp³-hybridized carbons (Fsp3) is 0.478. The van der Waals surface area contributed by atoms with Crippen LogP contribution in [0.3, 0.4) is 0 Å². The van der Waals surface area contributed by atoms with Gasteiger partial charge in [-0.05, 0) is 54.5 Å². The highest BCUT2D eigenvalue weighted by molar-refractivity contribution is 7.89. The van der Waals surface area contributed by atoms with E-state index in [1.807, 2.05) is 11.4 Å². The highest BCUT2D eigenvalue weighted by Gasteiger charge is 2.29. The molecule has 0 spiro atoms. The Bertz CT molecular complexity index is 1070. The monoisotopic (exact) mass is 475 g/mol. The van der Waals surface area contributed by atoms with Gasteiger partial charge >= 0.3 is 0 Å². The van der Waals surface area contributed by atoms with Gasteiger partial charge in [-0.1, -0.05) is 25.3 Å². The molecule has 2 aromatic rings. The largest absolute Gasteiger partial charge is 0.354 e. The fourth-order valence-corrected chi connectivity index (χ4v) is 6.70. The Morgan fingerprint density at radius 1 is 1.06 bits per heavy atom. The van der Waals surface area contributed by atoms with Crippen LogP contribution in [-0.2, 0) is 27.8 Å². The van der Waals surface area contributed by atoms with Crippen molar-refractivity contribution in [2.24, 2.45) is 5.92 Å². The summed E-state index contributed by atoms with van der Waals surface area (Å²) >= 11 is 1.66. The Labute approximate surface area is 193 Å². The van der Waals surface area contributed by atoms with Gasteiger partial charge < -0.3 is 10.6 Å². The van der Waals surface area contributed by atoms with Crippen molar-refractivity contribution in [3.8, 4) is 0 Å². The van der Waals surface area contributed by atoms with Crippen molar-refractivity contribution < 1.29 is 18.0 Å². The molecule has 7 nitrogen and oxygen atoms in total. The van der Waals surface area contributed by atoms with Crippen LogP contribution in [0.5, 0.6) is 0 Å². The van der Waals surface area contributed by atoms with Gasteiger partial charge in [-0.3, -0.25) is 9.59 Å². The molecule has 1 aliphatic carbocycles. The first kappa shape index (κ1) is 22.9. The minimum Gasteiger partial charge on any atom is -0.354 e. The van der Waals surface area contributed by atoms with Gasteiger partial charge in [0.25, 0.3) is 5.91 Å². The van der Waals surface area contributed by atoms with Crippen LogP contribution < -0.4 is 10.6 Å². The lowest BCUT2D eigenvalue weighted by Gasteiger charge is -2.26. The van der Waals surface area contributed by atoms with Crippen molar-refractivity contribution in [3.63, 3.8) is 0 Å². The van der Waals surface area contributed by atoms with Gasteiger partial charge in [0, 0.05) is 42.5 Å².